The highest BCUT2D eigenvalue weighted by Gasteiger charge is 2.57. The molecule has 0 saturated heterocycles. The lowest BCUT2D eigenvalue weighted by Gasteiger charge is -2.60. The second kappa shape index (κ2) is 6.43. The molecule has 0 N–H and O–H groups in total. The molecule has 4 atom stereocenters. The van der Waals surface area contributed by atoms with Gasteiger partial charge in [-0.1, -0.05) is 13.8 Å². The molecule has 0 amide bonds. The molecule has 0 aromatic heterocycles. The maximum Gasteiger partial charge on any atom is 0.404 e. The zero-order chi connectivity index (χ0) is 18.5. The van der Waals surface area contributed by atoms with E-state index < -0.39 is 17.6 Å². The first-order chi connectivity index (χ1) is 11.6. The van der Waals surface area contributed by atoms with Gasteiger partial charge in [0.15, 0.2) is 12.2 Å². The van der Waals surface area contributed by atoms with Crippen molar-refractivity contribution >= 4 is 5.97 Å². The molecular weight excluding hydrogens is 333 g/mol. The summed E-state index contributed by atoms with van der Waals surface area (Å²) in [6.07, 6.45) is 1.27. The van der Waals surface area contributed by atoms with E-state index in [1.54, 1.807) is 0 Å². The Balaban J connectivity index is 1.53. The van der Waals surface area contributed by atoms with Crippen LogP contribution in [0.3, 0.4) is 0 Å². The summed E-state index contributed by atoms with van der Waals surface area (Å²) in [6.45, 7) is 4.61. The van der Waals surface area contributed by atoms with E-state index >= 15 is 0 Å². The van der Waals surface area contributed by atoms with Crippen molar-refractivity contribution in [2.24, 2.45) is 34.5 Å². The van der Waals surface area contributed by atoms with Crippen molar-refractivity contribution in [3.05, 3.63) is 0 Å². The smallest absolute Gasteiger partial charge is 0.404 e. The highest BCUT2D eigenvalue weighted by molar-refractivity contribution is 5.77. The van der Waals surface area contributed by atoms with Crippen LogP contribution in [0, 0.1) is 34.5 Å². The van der Waals surface area contributed by atoms with Crippen LogP contribution in [-0.2, 0) is 14.3 Å². The molecule has 0 radical (unpaired) electrons. The van der Waals surface area contributed by atoms with Gasteiger partial charge in [0.1, 0.15) is 0 Å². The molecule has 0 spiro atoms. The maximum absolute atomic E-state index is 13.1. The van der Waals surface area contributed by atoms with Crippen LogP contribution in [0.5, 0.6) is 0 Å². The third-order valence-electron chi connectivity index (χ3n) is 7.45. The van der Waals surface area contributed by atoms with Gasteiger partial charge in [0.25, 0.3) is 0 Å². The summed E-state index contributed by atoms with van der Waals surface area (Å²) in [4.78, 5) is 11.9. The number of ether oxygens (including phenoxy) is 2. The molecule has 4 bridgehead atoms. The van der Waals surface area contributed by atoms with Crippen molar-refractivity contribution in [2.75, 3.05) is 13.4 Å². The normalized spacial score (nSPS) is 39.3. The minimum absolute atomic E-state index is 0.124. The number of esters is 1. The van der Waals surface area contributed by atoms with Crippen molar-refractivity contribution in [3.63, 3.8) is 0 Å². The molecule has 4 aliphatic rings. The van der Waals surface area contributed by atoms with Gasteiger partial charge in [0.05, 0.1) is 6.61 Å². The second-order valence-electron chi connectivity index (χ2n) is 8.84. The van der Waals surface area contributed by atoms with Crippen molar-refractivity contribution in [2.45, 2.75) is 65.5 Å². The first kappa shape index (κ1) is 19.0. The molecule has 4 rings (SSSR count). The molecule has 4 fully saturated rings. The van der Waals surface area contributed by atoms with Gasteiger partial charge in [0.2, 0.25) is 0 Å². The molecule has 4 aliphatic carbocycles. The lowest BCUT2D eigenvalue weighted by molar-refractivity contribution is -0.238. The van der Waals surface area contributed by atoms with Crippen LogP contribution < -0.4 is 0 Å². The van der Waals surface area contributed by atoms with E-state index in [0.29, 0.717) is 12.5 Å². The van der Waals surface area contributed by atoms with E-state index in [1.807, 2.05) is 0 Å². The van der Waals surface area contributed by atoms with Crippen LogP contribution in [0.4, 0.5) is 13.2 Å². The molecule has 0 aromatic carbocycles. The van der Waals surface area contributed by atoms with E-state index in [-0.39, 0.29) is 18.6 Å². The van der Waals surface area contributed by atoms with Crippen molar-refractivity contribution < 1.29 is 27.4 Å². The number of alkyl halides is 3. The van der Waals surface area contributed by atoms with Gasteiger partial charge < -0.3 is 9.47 Å². The average molecular weight is 362 g/mol. The first-order valence-electron chi connectivity index (χ1n) is 9.43. The van der Waals surface area contributed by atoms with Crippen LogP contribution in [0.15, 0.2) is 0 Å². The van der Waals surface area contributed by atoms with Gasteiger partial charge in [-0.25, -0.2) is 0 Å². The van der Waals surface area contributed by atoms with Crippen molar-refractivity contribution in [1.82, 2.24) is 0 Å². The highest BCUT2D eigenvalue weighted by atomic mass is 19.4. The minimum Gasteiger partial charge on any atom is -0.438 e. The number of hydrogen-bond acceptors (Lipinski definition) is 3. The van der Waals surface area contributed by atoms with Gasteiger partial charge >= 0.3 is 12.1 Å². The number of halogens is 3. The van der Waals surface area contributed by atoms with E-state index in [9.17, 15) is 18.0 Å². The second-order valence-corrected chi connectivity index (χ2v) is 8.84. The molecule has 0 heterocycles. The average Bonchev–Trinajstić information content (AvgIpc) is 2.53. The molecule has 4 unspecified atom stereocenters. The van der Waals surface area contributed by atoms with Crippen LogP contribution >= 0.6 is 0 Å². The molecule has 25 heavy (non-hydrogen) atoms. The van der Waals surface area contributed by atoms with Gasteiger partial charge in [-0.15, -0.1) is 0 Å². The largest absolute Gasteiger partial charge is 0.438 e. The summed E-state index contributed by atoms with van der Waals surface area (Å²) >= 11 is 0. The number of rotatable bonds is 6. The first-order valence-corrected chi connectivity index (χ1v) is 9.43. The lowest BCUT2D eigenvalue weighted by Crippen LogP contribution is -2.53. The van der Waals surface area contributed by atoms with E-state index in [0.717, 1.165) is 37.5 Å². The Labute approximate surface area is 147 Å². The Hall–Kier alpha value is -0.780. The topological polar surface area (TPSA) is 35.5 Å². The minimum atomic E-state index is -4.62. The molecule has 0 aromatic rings. The molecule has 3 nitrogen and oxygen atoms in total. The van der Waals surface area contributed by atoms with Crippen molar-refractivity contribution in [1.29, 1.82) is 0 Å². The van der Waals surface area contributed by atoms with E-state index in [2.05, 4.69) is 6.92 Å². The zero-order valence-electron chi connectivity index (χ0n) is 15.3. The molecule has 0 aliphatic heterocycles. The molecular formula is C19H29F3O3. The maximum atomic E-state index is 13.1. The fourth-order valence-electron chi connectivity index (χ4n) is 5.67. The Bertz CT molecular complexity index is 505. The predicted molar refractivity (Wildman–Crippen MR) is 86.5 cm³/mol. The summed E-state index contributed by atoms with van der Waals surface area (Å²) in [6, 6.07) is 0. The Morgan fingerprint density at radius 2 is 1.76 bits per heavy atom. The Kier molecular flexibility index (Phi) is 4.89. The number of hydrogen-bond donors (Lipinski definition) is 0. The lowest BCUT2D eigenvalue weighted by atomic mass is 9.46. The number of carbonyl (C=O) groups is 1. The quantitative estimate of drug-likeness (QED) is 0.381. The third kappa shape index (κ3) is 3.19. The Morgan fingerprint density at radius 3 is 2.28 bits per heavy atom. The number of carbonyl (C=O) groups excluding carboxylic acids is 1. The molecule has 4 saturated carbocycles. The fraction of sp³-hybridized carbons (Fsp3) is 0.947. The van der Waals surface area contributed by atoms with Gasteiger partial charge in [-0.05, 0) is 74.5 Å². The Morgan fingerprint density at radius 1 is 1.16 bits per heavy atom. The summed E-state index contributed by atoms with van der Waals surface area (Å²) < 4.78 is 49.7. The monoisotopic (exact) mass is 362 g/mol. The van der Waals surface area contributed by atoms with Gasteiger partial charge in [0, 0.05) is 0 Å². The van der Waals surface area contributed by atoms with Crippen LogP contribution in [0.2, 0.25) is 0 Å². The van der Waals surface area contributed by atoms with E-state index in [4.69, 9.17) is 9.47 Å². The van der Waals surface area contributed by atoms with Crippen molar-refractivity contribution in [3.8, 4) is 0 Å². The van der Waals surface area contributed by atoms with Gasteiger partial charge in [-0.2, -0.15) is 13.2 Å². The zero-order valence-corrected chi connectivity index (χ0v) is 15.3. The van der Waals surface area contributed by atoms with Gasteiger partial charge in [-0.3, -0.25) is 4.79 Å². The van der Waals surface area contributed by atoms with Crippen LogP contribution in [-0.4, -0.2) is 25.5 Å². The fourth-order valence-corrected chi connectivity index (χ4v) is 5.67. The summed E-state index contributed by atoms with van der Waals surface area (Å²) in [5.41, 5.74) is -2.34. The van der Waals surface area contributed by atoms with E-state index in [1.165, 1.54) is 26.2 Å². The summed E-state index contributed by atoms with van der Waals surface area (Å²) in [5, 5.41) is 0. The third-order valence-corrected chi connectivity index (χ3v) is 7.45. The van der Waals surface area contributed by atoms with Crippen LogP contribution in [0.1, 0.15) is 59.3 Å². The summed E-state index contributed by atoms with van der Waals surface area (Å²) in [7, 11) is 0. The summed E-state index contributed by atoms with van der Waals surface area (Å²) in [5.74, 6) is 1.63. The molecule has 6 heteroatoms. The molecule has 144 valence electrons. The van der Waals surface area contributed by atoms with Crippen LogP contribution in [0.25, 0.3) is 0 Å². The highest BCUT2D eigenvalue weighted by Crippen LogP contribution is 2.62. The standard InChI is InChI=1S/C19H29F3O3/c1-4-17(3,19(20,21)22)16(23)25-11-24-10-18-8-13-5-14(9-18)7-15(6-13)12(18)2/h12-15H,4-11H2,1-3H3. The predicted octanol–water partition coefficient (Wildman–Crippen LogP) is 4.94. The SMILES string of the molecule is CCC(C)(C(=O)OCOCC12CC3CC(CC(C3)C1C)C2)C(F)(F)F.